The monoisotopic (exact) mass is 524 g/mol. The molecule has 1 aromatic heterocycles. The largest absolute Gasteiger partial charge is 0.426 e. The number of ether oxygens (including phenoxy) is 1. The smallest absolute Gasteiger partial charge is 0.397 e. The van der Waals surface area contributed by atoms with Crippen molar-refractivity contribution < 1.29 is 27.5 Å². The van der Waals surface area contributed by atoms with Crippen molar-refractivity contribution in [2.45, 2.75) is 78.0 Å². The Bertz CT molecular complexity index is 1230. The summed E-state index contributed by atoms with van der Waals surface area (Å²) < 4.78 is 39.7. The molecule has 2 heterocycles. The van der Waals surface area contributed by atoms with Crippen molar-refractivity contribution in [1.29, 1.82) is 0 Å². The summed E-state index contributed by atoms with van der Waals surface area (Å²) in [6.07, 6.45) is 1.53. The van der Waals surface area contributed by atoms with Gasteiger partial charge in [0, 0.05) is 25.4 Å². The lowest BCUT2D eigenvalue weighted by molar-refractivity contribution is 0.0396. The summed E-state index contributed by atoms with van der Waals surface area (Å²) in [5.41, 5.74) is -0.279. The average molecular weight is 525 g/mol. The van der Waals surface area contributed by atoms with Crippen LogP contribution in [0.1, 0.15) is 75.0 Å². The third-order valence-corrected chi connectivity index (χ3v) is 6.99. The van der Waals surface area contributed by atoms with Gasteiger partial charge in [-0.15, -0.1) is 0 Å². The zero-order valence-corrected chi connectivity index (χ0v) is 22.7. The molecule has 198 valence electrons. The molecule has 2 aromatic rings. The van der Waals surface area contributed by atoms with Crippen molar-refractivity contribution in [3.05, 3.63) is 61.2 Å². The number of H-pyrrole nitrogens is 1. The molecule has 0 bridgehead atoms. The maximum atomic E-state index is 15.4. The fraction of sp³-hybridized carbons (Fsp3) is 0.560. The third kappa shape index (κ3) is 6.29. The molecule has 2 atom stereocenters. The van der Waals surface area contributed by atoms with E-state index < -0.39 is 26.0 Å². The van der Waals surface area contributed by atoms with E-state index in [1.54, 1.807) is 0 Å². The van der Waals surface area contributed by atoms with E-state index >= 15 is 4.39 Å². The first-order chi connectivity index (χ1) is 16.8. The summed E-state index contributed by atoms with van der Waals surface area (Å²) >= 11 is 0. The van der Waals surface area contributed by atoms with E-state index in [9.17, 15) is 14.4 Å². The van der Waals surface area contributed by atoms with Crippen LogP contribution in [-0.2, 0) is 37.8 Å². The number of methoxy groups -OCH3 is 1. The molecule has 11 heteroatoms. The molecule has 1 N–H and O–H groups in total. The Balaban J connectivity index is 1.72. The van der Waals surface area contributed by atoms with Gasteiger partial charge in [0.2, 0.25) is 0 Å². The lowest BCUT2D eigenvalue weighted by atomic mass is 9.78. The predicted octanol–water partition coefficient (Wildman–Crippen LogP) is 4.34. The molecule has 1 aliphatic rings. The molecule has 0 saturated carbocycles. The number of aromatic nitrogens is 2. The van der Waals surface area contributed by atoms with E-state index in [0.29, 0.717) is 29.6 Å². The lowest BCUT2D eigenvalue weighted by Gasteiger charge is -2.33. The molecule has 3 rings (SSSR count). The van der Waals surface area contributed by atoms with E-state index in [1.807, 2.05) is 47.6 Å². The van der Waals surface area contributed by atoms with Crippen LogP contribution in [0.25, 0.3) is 0 Å². The standard InChI is InChI=1S/C25H34FN2O7P/c1-24(2,3)18-10-19(25(4,5)6)21-17(20(18)26)14-34-36(35-21)33-13-16(32-7)8-9-28-11-15(12-29)22(30)27-23(28)31/h10-12,16H,8-9,13-14H2,1-7H3,(H,27,30,31). The molecule has 0 spiro atoms. The van der Waals surface area contributed by atoms with Crippen LogP contribution >= 0.6 is 8.60 Å². The van der Waals surface area contributed by atoms with Crippen molar-refractivity contribution >= 4 is 14.9 Å². The van der Waals surface area contributed by atoms with Gasteiger partial charge in [-0.3, -0.25) is 28.2 Å². The average Bonchev–Trinajstić information content (AvgIpc) is 2.78. The summed E-state index contributed by atoms with van der Waals surface area (Å²) in [5.74, 6) is 0.136. The van der Waals surface area contributed by atoms with Crippen molar-refractivity contribution in [3.8, 4) is 5.75 Å². The zero-order chi connectivity index (χ0) is 26.8. The Labute approximate surface area is 210 Å². The first-order valence-electron chi connectivity index (χ1n) is 11.7. The van der Waals surface area contributed by atoms with Gasteiger partial charge >= 0.3 is 14.3 Å². The second kappa shape index (κ2) is 10.9. The van der Waals surface area contributed by atoms with Crippen molar-refractivity contribution in [1.82, 2.24) is 9.55 Å². The maximum Gasteiger partial charge on any atom is 0.397 e. The van der Waals surface area contributed by atoms with Crippen LogP contribution in [0.4, 0.5) is 4.39 Å². The number of aromatic amines is 1. The quantitative estimate of drug-likeness (QED) is 0.404. The number of rotatable bonds is 8. The number of nitrogens with one attached hydrogen (secondary N) is 1. The molecule has 36 heavy (non-hydrogen) atoms. The number of aryl methyl sites for hydroxylation is 1. The Kier molecular flexibility index (Phi) is 8.55. The summed E-state index contributed by atoms with van der Waals surface area (Å²) in [6, 6.07) is 1.88. The minimum atomic E-state index is -1.80. The highest BCUT2D eigenvalue weighted by molar-refractivity contribution is 7.42. The molecular formula is C25H34FN2O7P. The van der Waals surface area contributed by atoms with E-state index in [1.165, 1.54) is 17.9 Å². The van der Waals surface area contributed by atoms with E-state index in [4.69, 9.17) is 18.3 Å². The summed E-state index contributed by atoms with van der Waals surface area (Å²) in [6.45, 7) is 12.4. The highest BCUT2D eigenvalue weighted by atomic mass is 31.2. The molecule has 9 nitrogen and oxygen atoms in total. The van der Waals surface area contributed by atoms with Crippen LogP contribution in [0.2, 0.25) is 0 Å². The minimum Gasteiger partial charge on any atom is -0.426 e. The zero-order valence-electron chi connectivity index (χ0n) is 21.8. The number of aldehydes is 1. The van der Waals surface area contributed by atoms with E-state index in [0.717, 1.165) is 5.56 Å². The van der Waals surface area contributed by atoms with Gasteiger partial charge in [-0.2, -0.15) is 0 Å². The molecule has 2 unspecified atom stereocenters. The number of carbonyl (C=O) groups is 1. The van der Waals surface area contributed by atoms with E-state index in [-0.39, 0.29) is 42.0 Å². The number of hydrogen-bond donors (Lipinski definition) is 1. The predicted molar refractivity (Wildman–Crippen MR) is 134 cm³/mol. The van der Waals surface area contributed by atoms with Crippen LogP contribution in [0.5, 0.6) is 5.75 Å². The highest BCUT2D eigenvalue weighted by Crippen LogP contribution is 2.52. The van der Waals surface area contributed by atoms with Crippen LogP contribution in [0, 0.1) is 5.82 Å². The topological polar surface area (TPSA) is 109 Å². The second-order valence-corrected chi connectivity index (χ2v) is 11.9. The van der Waals surface area contributed by atoms with Gasteiger partial charge in [-0.25, -0.2) is 9.18 Å². The Hall–Kier alpha value is -2.39. The number of hydrogen-bond acceptors (Lipinski definition) is 7. The van der Waals surface area contributed by atoms with E-state index in [2.05, 4.69) is 4.98 Å². The first kappa shape index (κ1) is 28.2. The minimum absolute atomic E-state index is 0.0266. The third-order valence-electron chi connectivity index (χ3n) is 5.96. The fourth-order valence-corrected chi connectivity index (χ4v) is 4.85. The first-order valence-corrected chi connectivity index (χ1v) is 12.8. The maximum absolute atomic E-state index is 15.4. The van der Waals surface area contributed by atoms with Crippen molar-refractivity contribution in [2.24, 2.45) is 0 Å². The molecule has 0 saturated heterocycles. The summed E-state index contributed by atoms with van der Waals surface area (Å²) in [4.78, 5) is 36.7. The molecule has 0 aliphatic carbocycles. The van der Waals surface area contributed by atoms with Gasteiger partial charge in [0.25, 0.3) is 5.56 Å². The van der Waals surface area contributed by atoms with Gasteiger partial charge in [-0.05, 0) is 28.9 Å². The Morgan fingerprint density at radius 1 is 1.19 bits per heavy atom. The second-order valence-electron chi connectivity index (χ2n) is 10.8. The molecule has 1 aromatic carbocycles. The van der Waals surface area contributed by atoms with Crippen LogP contribution in [0.3, 0.4) is 0 Å². The van der Waals surface area contributed by atoms with Gasteiger partial charge in [0.1, 0.15) is 11.6 Å². The number of fused-ring (bicyclic) bond motifs is 1. The molecule has 0 radical (unpaired) electrons. The molecule has 0 amide bonds. The van der Waals surface area contributed by atoms with Crippen molar-refractivity contribution in [2.75, 3.05) is 13.7 Å². The van der Waals surface area contributed by atoms with Gasteiger partial charge in [0.05, 0.1) is 30.4 Å². The summed E-state index contributed by atoms with van der Waals surface area (Å²) in [7, 11) is -0.296. The molecule has 0 fully saturated rings. The van der Waals surface area contributed by atoms with Crippen LogP contribution in [0.15, 0.2) is 21.9 Å². The van der Waals surface area contributed by atoms with Crippen LogP contribution < -0.4 is 15.8 Å². The molecular weight excluding hydrogens is 490 g/mol. The SMILES string of the molecule is COC(CCn1cc(C=O)c(=O)[nH]c1=O)COP1OCc2c(F)c(C(C)(C)C)cc(C(C)(C)C)c2O1. The number of halogens is 1. The van der Waals surface area contributed by atoms with Gasteiger partial charge in [-0.1, -0.05) is 41.5 Å². The summed E-state index contributed by atoms with van der Waals surface area (Å²) in [5, 5.41) is 0. The normalized spacial score (nSPS) is 16.8. The Morgan fingerprint density at radius 2 is 1.86 bits per heavy atom. The van der Waals surface area contributed by atoms with Crippen LogP contribution in [-0.4, -0.2) is 35.7 Å². The highest BCUT2D eigenvalue weighted by Gasteiger charge is 2.35. The Morgan fingerprint density at radius 3 is 2.44 bits per heavy atom. The van der Waals surface area contributed by atoms with Crippen molar-refractivity contribution in [3.63, 3.8) is 0 Å². The number of carbonyl (C=O) groups excluding carboxylic acids is 1. The lowest BCUT2D eigenvalue weighted by Crippen LogP contribution is -2.33. The fourth-order valence-electron chi connectivity index (χ4n) is 3.79. The number of benzene rings is 1. The number of nitrogens with zero attached hydrogens (tertiary/aromatic N) is 1. The molecule has 1 aliphatic heterocycles. The van der Waals surface area contributed by atoms with Gasteiger partial charge in [0.15, 0.2) is 6.29 Å². The van der Waals surface area contributed by atoms with Gasteiger partial charge < -0.3 is 9.26 Å².